The van der Waals surface area contributed by atoms with Gasteiger partial charge in [-0.05, 0) is 49.4 Å². The van der Waals surface area contributed by atoms with E-state index in [2.05, 4.69) is 16.6 Å². The summed E-state index contributed by atoms with van der Waals surface area (Å²) in [5.74, 6) is -1.16. The van der Waals surface area contributed by atoms with Crippen molar-refractivity contribution in [2.75, 3.05) is 13.1 Å². The van der Waals surface area contributed by atoms with Gasteiger partial charge in [0.15, 0.2) is 6.04 Å². The van der Waals surface area contributed by atoms with Gasteiger partial charge in [-0.15, -0.1) is 0 Å². The summed E-state index contributed by atoms with van der Waals surface area (Å²) in [7, 11) is -4.19. The minimum Gasteiger partial charge on any atom is -0.368 e. The van der Waals surface area contributed by atoms with Crippen LogP contribution in [-0.4, -0.2) is 49.2 Å². The highest BCUT2D eigenvalue weighted by molar-refractivity contribution is 7.89. The Morgan fingerprint density at radius 3 is 2.47 bits per heavy atom. The third-order valence-corrected chi connectivity index (χ3v) is 6.98. The summed E-state index contributed by atoms with van der Waals surface area (Å²) in [5, 5.41) is 0. The number of aromatic nitrogens is 1. The molecule has 1 saturated heterocycles. The van der Waals surface area contributed by atoms with Crippen molar-refractivity contribution in [3.8, 4) is 11.3 Å². The molecule has 30 heavy (non-hydrogen) atoms. The molecule has 1 aliphatic rings. The van der Waals surface area contributed by atoms with Gasteiger partial charge in [0.25, 0.3) is 0 Å². The van der Waals surface area contributed by atoms with Crippen molar-refractivity contribution >= 4 is 21.8 Å². The second kappa shape index (κ2) is 8.93. The van der Waals surface area contributed by atoms with E-state index in [1.165, 1.54) is 11.0 Å². The van der Waals surface area contributed by atoms with Gasteiger partial charge in [-0.1, -0.05) is 25.1 Å². The molecule has 0 bridgehead atoms. The zero-order valence-corrected chi connectivity index (χ0v) is 17.9. The summed E-state index contributed by atoms with van der Waals surface area (Å²) in [6.45, 7) is 4.69. The number of sulfonamides is 1. The SMILES string of the molecule is Cc1c(-c2ccccn2)cccc1S(=O)(=O)N[C@@H](C(N)=O)C(=O)N1CCC(C)CC1. The highest BCUT2D eigenvalue weighted by Crippen LogP contribution is 2.27. The fourth-order valence-corrected chi connectivity index (χ4v) is 4.99. The Balaban J connectivity index is 1.89. The van der Waals surface area contributed by atoms with Crippen LogP contribution in [0.4, 0.5) is 0 Å². The summed E-state index contributed by atoms with van der Waals surface area (Å²) in [5.41, 5.74) is 7.12. The van der Waals surface area contributed by atoms with Crippen LogP contribution in [0.3, 0.4) is 0 Å². The van der Waals surface area contributed by atoms with Crippen LogP contribution in [0.25, 0.3) is 11.3 Å². The number of amides is 2. The molecule has 0 radical (unpaired) electrons. The van der Waals surface area contributed by atoms with Crippen molar-refractivity contribution in [3.05, 3.63) is 48.2 Å². The topological polar surface area (TPSA) is 122 Å². The summed E-state index contributed by atoms with van der Waals surface area (Å²) >= 11 is 0. The number of nitrogens with one attached hydrogen (secondary N) is 1. The smallest absolute Gasteiger partial charge is 0.250 e. The standard InChI is InChI=1S/C21H26N4O4S/c1-14-9-12-25(13-10-14)21(27)19(20(22)26)24-30(28,29)18-8-5-6-16(15(18)2)17-7-3-4-11-23-17/h3-8,11,14,19,24H,9-10,12-13H2,1-2H3,(H2,22,26)/t19-/m0/s1. The van der Waals surface area contributed by atoms with Crippen molar-refractivity contribution in [3.63, 3.8) is 0 Å². The monoisotopic (exact) mass is 430 g/mol. The number of benzene rings is 1. The normalized spacial score (nSPS) is 16.3. The van der Waals surface area contributed by atoms with E-state index in [0.29, 0.717) is 35.8 Å². The van der Waals surface area contributed by atoms with Crippen molar-refractivity contribution in [2.45, 2.75) is 37.6 Å². The second-order valence-corrected chi connectivity index (χ2v) is 9.29. The molecule has 1 fully saturated rings. The van der Waals surface area contributed by atoms with Crippen LogP contribution in [0.1, 0.15) is 25.3 Å². The van der Waals surface area contributed by atoms with Gasteiger partial charge in [-0.25, -0.2) is 8.42 Å². The Morgan fingerprint density at radius 1 is 1.17 bits per heavy atom. The minimum absolute atomic E-state index is 0.0306. The number of likely N-dealkylation sites (tertiary alicyclic amines) is 1. The molecule has 2 heterocycles. The van der Waals surface area contributed by atoms with Gasteiger partial charge in [0.2, 0.25) is 21.8 Å². The van der Waals surface area contributed by atoms with Crippen LogP contribution in [0.5, 0.6) is 0 Å². The van der Waals surface area contributed by atoms with Crippen LogP contribution < -0.4 is 10.5 Å². The lowest BCUT2D eigenvalue weighted by atomic mass is 9.99. The highest BCUT2D eigenvalue weighted by Gasteiger charge is 2.35. The molecule has 2 aromatic rings. The van der Waals surface area contributed by atoms with Crippen LogP contribution in [0.15, 0.2) is 47.5 Å². The van der Waals surface area contributed by atoms with Crippen LogP contribution in [-0.2, 0) is 19.6 Å². The maximum atomic E-state index is 13.1. The third-order valence-electron chi connectivity index (χ3n) is 5.41. The average molecular weight is 431 g/mol. The molecule has 9 heteroatoms. The zero-order valence-electron chi connectivity index (χ0n) is 17.0. The Morgan fingerprint density at radius 2 is 1.87 bits per heavy atom. The molecule has 0 aliphatic carbocycles. The number of hydrogen-bond donors (Lipinski definition) is 2. The maximum Gasteiger partial charge on any atom is 0.250 e. The van der Waals surface area contributed by atoms with E-state index in [1.807, 2.05) is 6.07 Å². The summed E-state index contributed by atoms with van der Waals surface area (Å²) in [4.78, 5) is 30.5. The van der Waals surface area contributed by atoms with E-state index < -0.39 is 27.9 Å². The molecule has 1 atom stereocenters. The lowest BCUT2D eigenvalue weighted by molar-refractivity contribution is -0.138. The van der Waals surface area contributed by atoms with Gasteiger partial charge in [0.1, 0.15) is 0 Å². The predicted octanol–water partition coefficient (Wildman–Crippen LogP) is 1.45. The first-order valence-corrected chi connectivity index (χ1v) is 11.3. The van der Waals surface area contributed by atoms with E-state index in [9.17, 15) is 18.0 Å². The van der Waals surface area contributed by atoms with Gasteiger partial charge < -0.3 is 10.6 Å². The summed E-state index contributed by atoms with van der Waals surface area (Å²) < 4.78 is 28.4. The first-order chi connectivity index (χ1) is 14.2. The second-order valence-electron chi connectivity index (χ2n) is 7.61. The Labute approximate surface area is 176 Å². The third kappa shape index (κ3) is 4.68. The zero-order chi connectivity index (χ0) is 21.9. The van der Waals surface area contributed by atoms with Crippen molar-refractivity contribution in [1.82, 2.24) is 14.6 Å². The van der Waals surface area contributed by atoms with Crippen molar-refractivity contribution < 1.29 is 18.0 Å². The summed E-state index contributed by atoms with van der Waals surface area (Å²) in [6.07, 6.45) is 3.22. The lowest BCUT2D eigenvalue weighted by Crippen LogP contribution is -2.56. The molecular weight excluding hydrogens is 404 g/mol. The number of carbonyl (C=O) groups excluding carboxylic acids is 2. The molecule has 2 amide bonds. The molecule has 8 nitrogen and oxygen atoms in total. The fourth-order valence-electron chi connectivity index (χ4n) is 3.57. The molecule has 1 aromatic heterocycles. The van der Waals surface area contributed by atoms with Gasteiger partial charge >= 0.3 is 0 Å². The number of rotatable bonds is 6. The van der Waals surface area contributed by atoms with Crippen LogP contribution in [0, 0.1) is 12.8 Å². The van der Waals surface area contributed by atoms with Gasteiger partial charge in [-0.2, -0.15) is 4.72 Å². The van der Waals surface area contributed by atoms with Gasteiger partial charge in [0, 0.05) is 24.8 Å². The Kier molecular flexibility index (Phi) is 6.52. The number of carbonyl (C=O) groups is 2. The highest BCUT2D eigenvalue weighted by atomic mass is 32.2. The Hall–Kier alpha value is -2.78. The predicted molar refractivity (Wildman–Crippen MR) is 113 cm³/mol. The molecule has 0 unspecified atom stereocenters. The lowest BCUT2D eigenvalue weighted by Gasteiger charge is -2.32. The quantitative estimate of drug-likeness (QED) is 0.672. The molecular formula is C21H26N4O4S. The molecule has 160 valence electrons. The first kappa shape index (κ1) is 21.9. The minimum atomic E-state index is -4.19. The average Bonchev–Trinajstić information content (AvgIpc) is 2.72. The Bertz CT molecular complexity index is 1030. The van der Waals surface area contributed by atoms with Crippen molar-refractivity contribution in [2.24, 2.45) is 11.7 Å². The molecule has 1 aliphatic heterocycles. The fraction of sp³-hybridized carbons (Fsp3) is 0.381. The van der Waals surface area contributed by atoms with E-state index in [1.54, 1.807) is 37.4 Å². The van der Waals surface area contributed by atoms with Crippen molar-refractivity contribution in [1.29, 1.82) is 0 Å². The molecule has 3 N–H and O–H groups in total. The van der Waals surface area contributed by atoms with Crippen LogP contribution >= 0.6 is 0 Å². The number of nitrogens with zero attached hydrogens (tertiary/aromatic N) is 2. The largest absolute Gasteiger partial charge is 0.368 e. The van der Waals surface area contributed by atoms with E-state index in [0.717, 1.165) is 12.8 Å². The number of pyridine rings is 1. The maximum absolute atomic E-state index is 13.1. The first-order valence-electron chi connectivity index (χ1n) is 9.82. The van der Waals surface area contributed by atoms with E-state index >= 15 is 0 Å². The van der Waals surface area contributed by atoms with E-state index in [-0.39, 0.29) is 4.90 Å². The number of piperidine rings is 1. The molecule has 0 spiro atoms. The number of hydrogen-bond acceptors (Lipinski definition) is 5. The molecule has 0 saturated carbocycles. The van der Waals surface area contributed by atoms with E-state index in [4.69, 9.17) is 5.73 Å². The summed E-state index contributed by atoms with van der Waals surface area (Å²) in [6, 6.07) is 8.49. The van der Waals surface area contributed by atoms with Gasteiger partial charge in [0.05, 0.1) is 10.6 Å². The molecule has 1 aromatic carbocycles. The number of nitrogens with two attached hydrogens (primary N) is 1. The number of primary amides is 1. The molecule has 3 rings (SSSR count). The van der Waals surface area contributed by atoms with Crippen LogP contribution in [0.2, 0.25) is 0 Å². The van der Waals surface area contributed by atoms with Gasteiger partial charge in [-0.3, -0.25) is 14.6 Å².